The van der Waals surface area contributed by atoms with E-state index in [2.05, 4.69) is 40.0 Å². The molecular formula is C17H24BrFN2. The first-order valence-electron chi connectivity index (χ1n) is 8.01. The highest BCUT2D eigenvalue weighted by Gasteiger charge is 2.40. The van der Waals surface area contributed by atoms with Crippen LogP contribution in [0.5, 0.6) is 0 Å². The molecule has 2 atom stereocenters. The summed E-state index contributed by atoms with van der Waals surface area (Å²) in [6.07, 6.45) is 3.82. The van der Waals surface area contributed by atoms with Gasteiger partial charge < -0.3 is 10.2 Å². The highest BCUT2D eigenvalue weighted by Crippen LogP contribution is 2.39. The zero-order chi connectivity index (χ0) is 15.0. The van der Waals surface area contributed by atoms with Crippen LogP contribution in [0.15, 0.2) is 22.7 Å². The van der Waals surface area contributed by atoms with Crippen LogP contribution < -0.4 is 5.32 Å². The third kappa shape index (κ3) is 3.11. The van der Waals surface area contributed by atoms with Gasteiger partial charge in [0.25, 0.3) is 0 Å². The second-order valence-corrected chi connectivity index (χ2v) is 7.62. The molecule has 1 aliphatic carbocycles. The summed E-state index contributed by atoms with van der Waals surface area (Å²) < 4.78 is 14.9. The molecule has 0 spiro atoms. The number of halogens is 2. The van der Waals surface area contributed by atoms with E-state index in [1.165, 1.54) is 25.3 Å². The van der Waals surface area contributed by atoms with E-state index in [0.29, 0.717) is 29.6 Å². The summed E-state index contributed by atoms with van der Waals surface area (Å²) in [6, 6.07) is 6.19. The summed E-state index contributed by atoms with van der Waals surface area (Å²) in [5.41, 5.74) is 0.636. The van der Waals surface area contributed by atoms with E-state index < -0.39 is 0 Å². The molecule has 0 radical (unpaired) electrons. The number of rotatable bonds is 3. The Kier molecular flexibility index (Phi) is 4.55. The first kappa shape index (κ1) is 15.3. The quantitative estimate of drug-likeness (QED) is 0.858. The van der Waals surface area contributed by atoms with Crippen molar-refractivity contribution in [3.8, 4) is 0 Å². The average Bonchev–Trinajstić information content (AvgIpc) is 2.42. The lowest BCUT2D eigenvalue weighted by atomic mass is 9.73. The topological polar surface area (TPSA) is 15.3 Å². The lowest BCUT2D eigenvalue weighted by Crippen LogP contribution is -2.56. The Hall–Kier alpha value is -0.610. The number of anilines is 1. The van der Waals surface area contributed by atoms with Crippen LogP contribution in [-0.4, -0.2) is 30.1 Å². The van der Waals surface area contributed by atoms with Gasteiger partial charge in [0.2, 0.25) is 0 Å². The van der Waals surface area contributed by atoms with Crippen molar-refractivity contribution in [2.24, 2.45) is 11.8 Å². The Morgan fingerprint density at radius 2 is 1.90 bits per heavy atom. The van der Waals surface area contributed by atoms with Crippen LogP contribution >= 0.6 is 15.9 Å². The van der Waals surface area contributed by atoms with Gasteiger partial charge in [-0.1, -0.05) is 12.5 Å². The van der Waals surface area contributed by atoms with Gasteiger partial charge in [-0.2, -0.15) is 0 Å². The zero-order valence-corrected chi connectivity index (χ0v) is 14.4. The van der Waals surface area contributed by atoms with Crippen molar-refractivity contribution >= 4 is 21.6 Å². The molecule has 1 aliphatic heterocycles. The van der Waals surface area contributed by atoms with Crippen LogP contribution in [0.25, 0.3) is 0 Å². The van der Waals surface area contributed by atoms with Gasteiger partial charge in [-0.15, -0.1) is 0 Å². The van der Waals surface area contributed by atoms with Crippen LogP contribution in [0.3, 0.4) is 0 Å². The number of para-hydroxylation sites is 1. The van der Waals surface area contributed by atoms with Crippen molar-refractivity contribution in [3.63, 3.8) is 0 Å². The molecule has 2 aliphatic rings. The summed E-state index contributed by atoms with van der Waals surface area (Å²) in [5, 5.41) is 3.53. The molecule has 4 heteroatoms. The van der Waals surface area contributed by atoms with Crippen molar-refractivity contribution in [2.75, 3.05) is 18.4 Å². The average molecular weight is 355 g/mol. The Balaban J connectivity index is 1.80. The van der Waals surface area contributed by atoms with E-state index in [0.717, 1.165) is 17.6 Å². The summed E-state index contributed by atoms with van der Waals surface area (Å²) in [5.74, 6) is 1.10. The molecule has 2 nitrogen and oxygen atoms in total. The third-order valence-electron chi connectivity index (χ3n) is 5.11. The highest BCUT2D eigenvalue weighted by atomic mass is 79.9. The van der Waals surface area contributed by atoms with Gasteiger partial charge in [0, 0.05) is 29.6 Å². The van der Waals surface area contributed by atoms with Crippen molar-refractivity contribution in [1.82, 2.24) is 4.90 Å². The van der Waals surface area contributed by atoms with E-state index in [-0.39, 0.29) is 5.82 Å². The van der Waals surface area contributed by atoms with Crippen LogP contribution in [0.2, 0.25) is 0 Å². The second kappa shape index (κ2) is 6.25. The normalized spacial score (nSPS) is 29.7. The van der Waals surface area contributed by atoms with E-state index in [9.17, 15) is 4.39 Å². The maximum absolute atomic E-state index is 14.1. The number of nitrogens with one attached hydrogen (secondary N) is 1. The van der Waals surface area contributed by atoms with Crippen molar-refractivity contribution in [2.45, 2.75) is 45.2 Å². The lowest BCUT2D eigenvalue weighted by molar-refractivity contribution is 0.0517. The predicted molar refractivity (Wildman–Crippen MR) is 89.1 cm³/mol. The summed E-state index contributed by atoms with van der Waals surface area (Å²) in [7, 11) is 0. The molecule has 21 heavy (non-hydrogen) atoms. The summed E-state index contributed by atoms with van der Waals surface area (Å²) in [6.45, 7) is 6.82. The number of nitrogens with zero attached hydrogens (tertiary/aromatic N) is 1. The SMILES string of the molecule is CC(C)N1CC2CCCC(C1)C2Nc1c(F)cccc1Br. The Labute approximate surface area is 135 Å². The van der Waals surface area contributed by atoms with Gasteiger partial charge in [-0.25, -0.2) is 4.39 Å². The number of hydrogen-bond donors (Lipinski definition) is 1. The van der Waals surface area contributed by atoms with Crippen LogP contribution in [0, 0.1) is 17.7 Å². The maximum Gasteiger partial charge on any atom is 0.147 e. The molecular weight excluding hydrogens is 331 g/mol. The van der Waals surface area contributed by atoms with Crippen LogP contribution in [0.1, 0.15) is 33.1 Å². The van der Waals surface area contributed by atoms with Crippen molar-refractivity contribution in [3.05, 3.63) is 28.5 Å². The molecule has 116 valence electrons. The molecule has 1 saturated carbocycles. The smallest absolute Gasteiger partial charge is 0.147 e. The van der Waals surface area contributed by atoms with Crippen LogP contribution in [-0.2, 0) is 0 Å². The monoisotopic (exact) mass is 354 g/mol. The lowest BCUT2D eigenvalue weighted by Gasteiger charge is -2.49. The summed E-state index contributed by atoms with van der Waals surface area (Å²) in [4.78, 5) is 2.59. The summed E-state index contributed by atoms with van der Waals surface area (Å²) >= 11 is 3.48. The van der Waals surface area contributed by atoms with Gasteiger partial charge in [0.05, 0.1) is 5.69 Å². The van der Waals surface area contributed by atoms with E-state index >= 15 is 0 Å². The third-order valence-corrected chi connectivity index (χ3v) is 5.77. The molecule has 1 aromatic carbocycles. The fraction of sp³-hybridized carbons (Fsp3) is 0.647. The fourth-order valence-corrected chi connectivity index (χ4v) is 4.39. The molecule has 0 aromatic heterocycles. The molecule has 2 bridgehead atoms. The Bertz CT molecular complexity index is 471. The number of hydrogen-bond acceptors (Lipinski definition) is 2. The number of likely N-dealkylation sites (tertiary alicyclic amines) is 1. The Morgan fingerprint density at radius 3 is 2.48 bits per heavy atom. The fourth-order valence-electron chi connectivity index (χ4n) is 3.93. The molecule has 3 rings (SSSR count). The minimum Gasteiger partial charge on any atom is -0.378 e. The highest BCUT2D eigenvalue weighted by molar-refractivity contribution is 9.10. The largest absolute Gasteiger partial charge is 0.378 e. The van der Waals surface area contributed by atoms with Crippen molar-refractivity contribution in [1.29, 1.82) is 0 Å². The van der Waals surface area contributed by atoms with E-state index in [4.69, 9.17) is 0 Å². The minimum absolute atomic E-state index is 0.159. The molecule has 1 saturated heterocycles. The number of benzene rings is 1. The van der Waals surface area contributed by atoms with Gasteiger partial charge in [-0.3, -0.25) is 0 Å². The number of fused-ring (bicyclic) bond motifs is 2. The molecule has 1 N–H and O–H groups in total. The van der Waals surface area contributed by atoms with Crippen LogP contribution in [0.4, 0.5) is 10.1 Å². The molecule has 0 amide bonds. The van der Waals surface area contributed by atoms with Gasteiger partial charge >= 0.3 is 0 Å². The standard InChI is InChI=1S/C17H24BrFN2/c1-11(2)21-9-12-5-3-6-13(10-21)16(12)20-17-14(18)7-4-8-15(17)19/h4,7-8,11-13,16,20H,3,5-6,9-10H2,1-2H3. The molecule has 2 fully saturated rings. The van der Waals surface area contributed by atoms with Gasteiger partial charge in [-0.05, 0) is 66.6 Å². The second-order valence-electron chi connectivity index (χ2n) is 6.77. The minimum atomic E-state index is -0.159. The molecule has 1 heterocycles. The van der Waals surface area contributed by atoms with E-state index in [1.54, 1.807) is 6.07 Å². The predicted octanol–water partition coefficient (Wildman–Crippen LogP) is 4.51. The van der Waals surface area contributed by atoms with E-state index in [1.807, 2.05) is 6.07 Å². The maximum atomic E-state index is 14.1. The Morgan fingerprint density at radius 1 is 1.24 bits per heavy atom. The zero-order valence-electron chi connectivity index (χ0n) is 12.8. The first-order chi connectivity index (χ1) is 10.1. The van der Waals surface area contributed by atoms with Gasteiger partial charge in [0.15, 0.2) is 0 Å². The first-order valence-corrected chi connectivity index (χ1v) is 8.80. The molecule has 2 unspecified atom stereocenters. The van der Waals surface area contributed by atoms with Gasteiger partial charge in [0.1, 0.15) is 5.82 Å². The van der Waals surface area contributed by atoms with Crippen molar-refractivity contribution < 1.29 is 4.39 Å². The molecule has 1 aromatic rings. The number of piperidine rings is 1.